The van der Waals surface area contributed by atoms with Crippen molar-refractivity contribution < 1.29 is 19.1 Å². The maximum Gasteiger partial charge on any atom is 0.279 e. The van der Waals surface area contributed by atoms with Gasteiger partial charge in [-0.3, -0.25) is 20.4 Å². The molecule has 2 rings (SSSR count). The van der Waals surface area contributed by atoms with Gasteiger partial charge in [0, 0.05) is 0 Å². The Labute approximate surface area is 159 Å². The van der Waals surface area contributed by atoms with Gasteiger partial charge >= 0.3 is 0 Å². The molecule has 0 saturated carbocycles. The van der Waals surface area contributed by atoms with E-state index in [9.17, 15) is 9.59 Å². The van der Waals surface area contributed by atoms with Crippen LogP contribution in [0, 0.1) is 0 Å². The van der Waals surface area contributed by atoms with Crippen molar-refractivity contribution in [2.45, 2.75) is 39.7 Å². The van der Waals surface area contributed by atoms with Crippen LogP contribution in [0.2, 0.25) is 0 Å². The molecular formula is C21H26N2O4. The Bertz CT molecular complexity index is 742. The predicted molar refractivity (Wildman–Crippen MR) is 104 cm³/mol. The molecule has 2 N–H and O–H groups in total. The molecule has 0 heterocycles. The highest BCUT2D eigenvalue weighted by Gasteiger charge is 2.15. The summed E-state index contributed by atoms with van der Waals surface area (Å²) in [6, 6.07) is 15.0. The second-order valence-electron chi connectivity index (χ2n) is 6.08. The highest BCUT2D eigenvalue weighted by atomic mass is 16.5. The Morgan fingerprint density at radius 1 is 0.852 bits per heavy atom. The number of carbonyl (C=O) groups excluding carboxylic acids is 2. The van der Waals surface area contributed by atoms with Crippen LogP contribution in [0.15, 0.2) is 48.5 Å². The van der Waals surface area contributed by atoms with Gasteiger partial charge in [-0.15, -0.1) is 0 Å². The smallest absolute Gasteiger partial charge is 0.279 e. The third-order valence-electron chi connectivity index (χ3n) is 4.04. The monoisotopic (exact) mass is 370 g/mol. The third kappa shape index (κ3) is 6.66. The summed E-state index contributed by atoms with van der Waals surface area (Å²) in [6.45, 7) is 5.55. The number of benzene rings is 2. The maximum absolute atomic E-state index is 12.0. The van der Waals surface area contributed by atoms with Crippen LogP contribution in [0.5, 0.6) is 11.5 Å². The van der Waals surface area contributed by atoms with Gasteiger partial charge in [0.2, 0.25) is 0 Å². The molecule has 0 aliphatic heterocycles. The first-order valence-electron chi connectivity index (χ1n) is 9.07. The van der Waals surface area contributed by atoms with Crippen molar-refractivity contribution in [3.05, 3.63) is 59.7 Å². The zero-order valence-corrected chi connectivity index (χ0v) is 16.0. The number of hydrogen-bond acceptors (Lipinski definition) is 4. The lowest BCUT2D eigenvalue weighted by Gasteiger charge is -2.15. The lowest BCUT2D eigenvalue weighted by molar-refractivity contribution is -0.133. The summed E-state index contributed by atoms with van der Waals surface area (Å²) in [6.07, 6.45) is 1.13. The molecule has 0 saturated heterocycles. The molecule has 144 valence electrons. The molecule has 0 unspecified atom stereocenters. The minimum Gasteiger partial charge on any atom is -0.484 e. The van der Waals surface area contributed by atoms with Crippen LogP contribution in [-0.2, 0) is 22.4 Å². The molecule has 0 aromatic heterocycles. The summed E-state index contributed by atoms with van der Waals surface area (Å²) in [4.78, 5) is 23.8. The number of aryl methyl sites for hydroxylation is 2. The van der Waals surface area contributed by atoms with E-state index in [0.717, 1.165) is 12.8 Å². The summed E-state index contributed by atoms with van der Waals surface area (Å²) in [7, 11) is 0. The molecule has 6 nitrogen and oxygen atoms in total. The van der Waals surface area contributed by atoms with E-state index in [1.165, 1.54) is 11.1 Å². The molecule has 0 aliphatic carbocycles. The summed E-state index contributed by atoms with van der Waals surface area (Å²) < 4.78 is 10.9. The van der Waals surface area contributed by atoms with Gasteiger partial charge in [0.1, 0.15) is 11.5 Å². The molecule has 2 aromatic carbocycles. The van der Waals surface area contributed by atoms with Crippen molar-refractivity contribution in [3.63, 3.8) is 0 Å². The predicted octanol–water partition coefficient (Wildman–Crippen LogP) is 2.81. The van der Waals surface area contributed by atoms with Gasteiger partial charge in [-0.2, -0.15) is 0 Å². The van der Waals surface area contributed by atoms with E-state index in [1.807, 2.05) is 48.5 Å². The largest absolute Gasteiger partial charge is 0.484 e. The number of hydrazine groups is 1. The standard InChI is InChI=1S/C21H26N2O4/c1-4-16-6-10-18(11-7-16)26-14-20(24)22-23-21(25)15(3)27-19-12-8-17(5-2)9-13-19/h6-13,15H,4-5,14H2,1-3H3,(H,22,24)(H,23,25)/t15-/m1/s1. The molecule has 0 spiro atoms. The lowest BCUT2D eigenvalue weighted by Crippen LogP contribution is -2.48. The van der Waals surface area contributed by atoms with E-state index in [1.54, 1.807) is 6.92 Å². The number of hydrogen-bond donors (Lipinski definition) is 2. The number of amides is 2. The van der Waals surface area contributed by atoms with Gasteiger partial charge in [0.25, 0.3) is 11.8 Å². The second kappa shape index (κ2) is 10.2. The zero-order valence-electron chi connectivity index (χ0n) is 16.0. The molecule has 0 aliphatic rings. The molecule has 0 radical (unpaired) electrons. The number of carbonyl (C=O) groups is 2. The Kier molecular flexibility index (Phi) is 7.67. The number of ether oxygens (including phenoxy) is 2. The first kappa shape index (κ1) is 20.3. The van der Waals surface area contributed by atoms with Crippen LogP contribution < -0.4 is 20.3 Å². The Hall–Kier alpha value is -3.02. The molecule has 27 heavy (non-hydrogen) atoms. The van der Waals surface area contributed by atoms with Crippen LogP contribution >= 0.6 is 0 Å². The fourth-order valence-corrected chi connectivity index (χ4v) is 2.30. The van der Waals surface area contributed by atoms with E-state index < -0.39 is 17.9 Å². The average Bonchev–Trinajstić information content (AvgIpc) is 2.71. The van der Waals surface area contributed by atoms with Gasteiger partial charge in [-0.1, -0.05) is 38.1 Å². The van der Waals surface area contributed by atoms with Gasteiger partial charge in [-0.05, 0) is 55.2 Å². The normalized spacial score (nSPS) is 11.4. The highest BCUT2D eigenvalue weighted by molar-refractivity contribution is 5.85. The fourth-order valence-electron chi connectivity index (χ4n) is 2.30. The Morgan fingerprint density at radius 2 is 1.37 bits per heavy atom. The van der Waals surface area contributed by atoms with Crippen LogP contribution in [0.3, 0.4) is 0 Å². The minimum atomic E-state index is -0.750. The van der Waals surface area contributed by atoms with Crippen molar-refractivity contribution >= 4 is 11.8 Å². The molecule has 6 heteroatoms. The van der Waals surface area contributed by atoms with E-state index in [0.29, 0.717) is 11.5 Å². The maximum atomic E-state index is 12.0. The quantitative estimate of drug-likeness (QED) is 0.701. The van der Waals surface area contributed by atoms with Crippen LogP contribution in [-0.4, -0.2) is 24.5 Å². The summed E-state index contributed by atoms with van der Waals surface area (Å²) in [5.74, 6) is 0.290. The van der Waals surface area contributed by atoms with E-state index in [-0.39, 0.29) is 6.61 Å². The zero-order chi connectivity index (χ0) is 19.6. The first-order chi connectivity index (χ1) is 13.0. The topological polar surface area (TPSA) is 76.7 Å². The molecular weight excluding hydrogens is 344 g/mol. The third-order valence-corrected chi connectivity index (χ3v) is 4.04. The van der Waals surface area contributed by atoms with E-state index in [2.05, 4.69) is 24.7 Å². The van der Waals surface area contributed by atoms with E-state index in [4.69, 9.17) is 9.47 Å². The van der Waals surface area contributed by atoms with Gasteiger partial charge in [0.15, 0.2) is 12.7 Å². The molecule has 2 aromatic rings. The first-order valence-corrected chi connectivity index (χ1v) is 9.07. The summed E-state index contributed by atoms with van der Waals surface area (Å²) in [5, 5.41) is 0. The van der Waals surface area contributed by atoms with Gasteiger partial charge < -0.3 is 9.47 Å². The minimum absolute atomic E-state index is 0.195. The van der Waals surface area contributed by atoms with Crippen molar-refractivity contribution in [2.75, 3.05) is 6.61 Å². The number of rotatable bonds is 8. The Balaban J connectivity index is 1.71. The number of nitrogens with one attached hydrogen (secondary N) is 2. The van der Waals surface area contributed by atoms with Crippen LogP contribution in [0.4, 0.5) is 0 Å². The summed E-state index contributed by atoms with van der Waals surface area (Å²) in [5.41, 5.74) is 7.04. The molecule has 1 atom stereocenters. The van der Waals surface area contributed by atoms with Crippen molar-refractivity contribution in [1.29, 1.82) is 0 Å². The average molecular weight is 370 g/mol. The SMILES string of the molecule is CCc1ccc(OCC(=O)NNC(=O)[C@@H](C)Oc2ccc(CC)cc2)cc1. The van der Waals surface area contributed by atoms with Crippen LogP contribution in [0.25, 0.3) is 0 Å². The Morgan fingerprint density at radius 3 is 1.89 bits per heavy atom. The van der Waals surface area contributed by atoms with Gasteiger partial charge in [0.05, 0.1) is 0 Å². The summed E-state index contributed by atoms with van der Waals surface area (Å²) >= 11 is 0. The molecule has 0 bridgehead atoms. The van der Waals surface area contributed by atoms with Crippen LogP contribution in [0.1, 0.15) is 31.9 Å². The van der Waals surface area contributed by atoms with E-state index >= 15 is 0 Å². The molecule has 0 fully saturated rings. The van der Waals surface area contributed by atoms with Gasteiger partial charge in [-0.25, -0.2) is 0 Å². The molecule has 2 amide bonds. The second-order valence-corrected chi connectivity index (χ2v) is 6.08. The lowest BCUT2D eigenvalue weighted by atomic mass is 10.2. The highest BCUT2D eigenvalue weighted by Crippen LogP contribution is 2.14. The van der Waals surface area contributed by atoms with Crippen molar-refractivity contribution in [3.8, 4) is 11.5 Å². The van der Waals surface area contributed by atoms with Crippen molar-refractivity contribution in [2.24, 2.45) is 0 Å². The fraction of sp³-hybridized carbons (Fsp3) is 0.333. The van der Waals surface area contributed by atoms with Crippen molar-refractivity contribution in [1.82, 2.24) is 10.9 Å².